The van der Waals surface area contributed by atoms with Gasteiger partial charge in [-0.05, 0) is 48.9 Å². The number of amides is 1. The lowest BCUT2D eigenvalue weighted by molar-refractivity contribution is -0.134. The van der Waals surface area contributed by atoms with Crippen molar-refractivity contribution in [3.8, 4) is 0 Å². The van der Waals surface area contributed by atoms with Gasteiger partial charge in [0.1, 0.15) is 10.3 Å². The number of nitrogens with zero attached hydrogens (tertiary/aromatic N) is 4. The molecule has 32 heavy (non-hydrogen) atoms. The third-order valence-electron chi connectivity index (χ3n) is 6.15. The first kappa shape index (κ1) is 22.1. The molecular weight excluding hydrogens is 488 g/mol. The Balaban J connectivity index is 1.28. The molecule has 1 atom stereocenters. The van der Waals surface area contributed by atoms with E-state index in [0.717, 1.165) is 20.9 Å². The van der Waals surface area contributed by atoms with Crippen LogP contribution in [0, 0.1) is 6.92 Å². The number of carbonyl (C=O) groups is 1. The molecule has 7 nitrogen and oxygen atoms in total. The Morgan fingerprint density at radius 1 is 1.16 bits per heavy atom. The zero-order valence-electron chi connectivity index (χ0n) is 17.5. The summed E-state index contributed by atoms with van der Waals surface area (Å²) in [6, 6.07) is 6.61. The molecule has 0 bridgehead atoms. The maximum absolute atomic E-state index is 13.3. The molecule has 5 rings (SSSR count). The predicted octanol–water partition coefficient (Wildman–Crippen LogP) is 3.82. The molecule has 0 spiro atoms. The Morgan fingerprint density at radius 2 is 1.94 bits per heavy atom. The van der Waals surface area contributed by atoms with Crippen molar-refractivity contribution >= 4 is 65.6 Å². The van der Waals surface area contributed by atoms with Crippen molar-refractivity contribution in [1.82, 2.24) is 14.2 Å². The normalized spacial score (nSPS) is 20.4. The number of aromatic nitrogens is 1. The van der Waals surface area contributed by atoms with Crippen LogP contribution in [0.3, 0.4) is 0 Å². The monoisotopic (exact) mass is 510 g/mol. The van der Waals surface area contributed by atoms with Crippen LogP contribution in [0.4, 0.5) is 5.13 Å². The first-order chi connectivity index (χ1) is 15.4. The van der Waals surface area contributed by atoms with Crippen molar-refractivity contribution in [2.75, 3.05) is 37.6 Å². The Bertz CT molecular complexity index is 1250. The van der Waals surface area contributed by atoms with E-state index >= 15 is 0 Å². The fraction of sp³-hybridized carbons (Fsp3) is 0.429. The van der Waals surface area contributed by atoms with Crippen molar-refractivity contribution < 1.29 is 13.2 Å². The van der Waals surface area contributed by atoms with Gasteiger partial charge in [-0.1, -0.05) is 29.0 Å². The van der Waals surface area contributed by atoms with Crippen molar-refractivity contribution in [3.05, 3.63) is 40.2 Å². The number of thiophene rings is 1. The largest absolute Gasteiger partial charge is 0.345 e. The smallest absolute Gasteiger partial charge is 0.253 e. The number of benzene rings is 1. The molecular formula is C21H23ClN4O3S3. The van der Waals surface area contributed by atoms with Gasteiger partial charge >= 0.3 is 0 Å². The minimum absolute atomic E-state index is 0.0887. The van der Waals surface area contributed by atoms with Gasteiger partial charge in [-0.25, -0.2) is 13.4 Å². The van der Waals surface area contributed by atoms with E-state index < -0.39 is 16.1 Å². The lowest BCUT2D eigenvalue weighted by atomic mass is 10.2. The summed E-state index contributed by atoms with van der Waals surface area (Å²) in [6.07, 6.45) is 1.27. The topological polar surface area (TPSA) is 73.8 Å². The van der Waals surface area contributed by atoms with E-state index in [1.807, 2.05) is 19.1 Å². The van der Waals surface area contributed by atoms with Gasteiger partial charge in [-0.15, -0.1) is 11.3 Å². The summed E-state index contributed by atoms with van der Waals surface area (Å²) >= 11 is 9.06. The molecule has 2 aliphatic rings. The zero-order valence-corrected chi connectivity index (χ0v) is 20.7. The third kappa shape index (κ3) is 3.81. The van der Waals surface area contributed by atoms with Gasteiger partial charge in [0.25, 0.3) is 10.0 Å². The lowest BCUT2D eigenvalue weighted by Crippen LogP contribution is -2.54. The number of aryl methyl sites for hydroxylation is 1. The van der Waals surface area contributed by atoms with Gasteiger partial charge in [0.15, 0.2) is 5.13 Å². The van der Waals surface area contributed by atoms with E-state index in [2.05, 4.69) is 4.90 Å². The summed E-state index contributed by atoms with van der Waals surface area (Å²) in [7, 11) is -3.63. The van der Waals surface area contributed by atoms with Crippen LogP contribution in [-0.4, -0.2) is 67.3 Å². The van der Waals surface area contributed by atoms with Crippen molar-refractivity contribution in [2.45, 2.75) is 30.0 Å². The highest BCUT2D eigenvalue weighted by atomic mass is 35.5. The Kier molecular flexibility index (Phi) is 5.91. The summed E-state index contributed by atoms with van der Waals surface area (Å²) in [6.45, 7) is 4.81. The minimum atomic E-state index is -3.63. The number of anilines is 1. The molecule has 2 saturated heterocycles. The SMILES string of the molecule is Cc1c(Cl)ccc2sc(N3CCN(C(=O)[C@@H]4CCCN4S(=O)(=O)c4cccs4)CC3)nc12. The zero-order chi connectivity index (χ0) is 22.5. The van der Waals surface area contributed by atoms with Crippen molar-refractivity contribution in [3.63, 3.8) is 0 Å². The quantitative estimate of drug-likeness (QED) is 0.533. The van der Waals surface area contributed by atoms with Crippen molar-refractivity contribution in [2.24, 2.45) is 0 Å². The Labute approximate surface area is 200 Å². The molecule has 3 aromatic rings. The van der Waals surface area contributed by atoms with E-state index in [9.17, 15) is 13.2 Å². The van der Waals surface area contributed by atoms with E-state index in [1.165, 1.54) is 15.6 Å². The van der Waals surface area contributed by atoms with E-state index in [1.54, 1.807) is 33.7 Å². The summed E-state index contributed by atoms with van der Waals surface area (Å²) < 4.78 is 28.8. The second-order valence-electron chi connectivity index (χ2n) is 8.03. The van der Waals surface area contributed by atoms with Gasteiger partial charge in [0, 0.05) is 37.7 Å². The van der Waals surface area contributed by atoms with Crippen LogP contribution in [0.25, 0.3) is 10.2 Å². The number of sulfonamides is 1. The molecule has 0 aliphatic carbocycles. The average molecular weight is 511 g/mol. The summed E-state index contributed by atoms with van der Waals surface area (Å²) in [5, 5.41) is 3.39. The molecule has 2 fully saturated rings. The van der Waals surface area contributed by atoms with Crippen LogP contribution < -0.4 is 4.90 Å². The van der Waals surface area contributed by atoms with Crippen LogP contribution in [-0.2, 0) is 14.8 Å². The van der Waals surface area contributed by atoms with Crippen LogP contribution in [0.2, 0.25) is 5.02 Å². The highest BCUT2D eigenvalue weighted by Gasteiger charge is 2.42. The van der Waals surface area contributed by atoms with Crippen molar-refractivity contribution in [1.29, 1.82) is 0 Å². The number of hydrogen-bond donors (Lipinski definition) is 0. The molecule has 2 aromatic heterocycles. The van der Waals surface area contributed by atoms with Gasteiger partial charge in [-0.3, -0.25) is 4.79 Å². The average Bonchev–Trinajstić information content (AvgIpc) is 3.56. The van der Waals surface area contributed by atoms with E-state index in [4.69, 9.17) is 16.6 Å². The Hall–Kier alpha value is -1.72. The number of fused-ring (bicyclic) bond motifs is 1. The molecule has 2 aliphatic heterocycles. The first-order valence-electron chi connectivity index (χ1n) is 10.5. The highest BCUT2D eigenvalue weighted by Crippen LogP contribution is 2.34. The van der Waals surface area contributed by atoms with Gasteiger partial charge in [0.2, 0.25) is 5.91 Å². The summed E-state index contributed by atoms with van der Waals surface area (Å²) in [5.41, 5.74) is 1.91. The second kappa shape index (κ2) is 8.57. The summed E-state index contributed by atoms with van der Waals surface area (Å²) in [4.78, 5) is 22.1. The van der Waals surface area contributed by atoms with Gasteiger partial charge < -0.3 is 9.80 Å². The first-order valence-corrected chi connectivity index (χ1v) is 14.0. The van der Waals surface area contributed by atoms with Gasteiger partial charge in [0.05, 0.1) is 10.2 Å². The molecule has 170 valence electrons. The molecule has 0 unspecified atom stereocenters. The van der Waals surface area contributed by atoms with E-state index in [0.29, 0.717) is 54.8 Å². The molecule has 1 amide bonds. The second-order valence-corrected chi connectivity index (χ2v) is 12.5. The summed E-state index contributed by atoms with van der Waals surface area (Å²) in [5.74, 6) is -0.0887. The maximum atomic E-state index is 13.3. The molecule has 0 saturated carbocycles. The maximum Gasteiger partial charge on any atom is 0.253 e. The Morgan fingerprint density at radius 3 is 2.66 bits per heavy atom. The van der Waals surface area contributed by atoms with Crippen LogP contribution in [0.5, 0.6) is 0 Å². The number of carbonyl (C=O) groups excluding carboxylic acids is 1. The molecule has 0 radical (unpaired) electrons. The van der Waals surface area contributed by atoms with Crippen LogP contribution in [0.15, 0.2) is 33.9 Å². The van der Waals surface area contributed by atoms with E-state index in [-0.39, 0.29) is 5.91 Å². The van der Waals surface area contributed by atoms with Crippen LogP contribution in [0.1, 0.15) is 18.4 Å². The number of thiazole rings is 1. The van der Waals surface area contributed by atoms with Crippen LogP contribution >= 0.6 is 34.3 Å². The molecule has 0 N–H and O–H groups in total. The number of halogens is 1. The fourth-order valence-corrected chi connectivity index (χ4v) is 8.35. The number of hydrogen-bond acceptors (Lipinski definition) is 7. The molecule has 4 heterocycles. The third-order valence-corrected chi connectivity index (χ3v) is 10.9. The lowest BCUT2D eigenvalue weighted by Gasteiger charge is -2.37. The molecule has 1 aromatic carbocycles. The number of rotatable bonds is 4. The molecule has 11 heteroatoms. The fourth-order valence-electron chi connectivity index (χ4n) is 4.35. The highest BCUT2D eigenvalue weighted by molar-refractivity contribution is 7.91. The van der Waals surface area contributed by atoms with Gasteiger partial charge in [-0.2, -0.15) is 4.31 Å². The standard InChI is InChI=1S/C21H23ClN4O3S3/c1-14-15(22)6-7-17-19(14)23-21(31-17)25-11-9-24(10-12-25)20(27)16-4-2-8-26(16)32(28,29)18-5-3-13-30-18/h3,5-7,13,16H,2,4,8-12H2,1H3/t16-/m0/s1. The number of piperazine rings is 1. The predicted molar refractivity (Wildman–Crippen MR) is 129 cm³/mol. The minimum Gasteiger partial charge on any atom is -0.345 e.